The lowest BCUT2D eigenvalue weighted by molar-refractivity contribution is 0.355. The minimum absolute atomic E-state index is 0.0880. The largest absolute Gasteiger partial charge is 0.491 e. The number of benzene rings is 1. The molecule has 0 bridgehead atoms. The predicted octanol–water partition coefficient (Wildman–Crippen LogP) is 1.35. The molecule has 1 unspecified atom stereocenters. The lowest BCUT2D eigenvalue weighted by Crippen LogP contribution is -2.57. The van der Waals surface area contributed by atoms with Gasteiger partial charge in [-0.25, -0.2) is 19.9 Å². The van der Waals surface area contributed by atoms with Crippen LogP contribution < -0.4 is 25.4 Å². The number of hydrogen-bond donors (Lipinski definition) is 2. The molecular formula is C21H26N8O2S. The molecule has 1 aliphatic rings. The highest BCUT2D eigenvalue weighted by Gasteiger charge is 2.33. The van der Waals surface area contributed by atoms with E-state index in [2.05, 4.69) is 30.2 Å². The fraction of sp³-hybridized carbons (Fsp3) is 0.381. The van der Waals surface area contributed by atoms with Crippen LogP contribution in [-0.4, -0.2) is 83.8 Å². The molecular weight excluding hydrogens is 428 g/mol. The zero-order valence-corrected chi connectivity index (χ0v) is 19.3. The van der Waals surface area contributed by atoms with Gasteiger partial charge in [-0.2, -0.15) is 0 Å². The van der Waals surface area contributed by atoms with Crippen LogP contribution in [-0.2, 0) is 0 Å². The van der Waals surface area contributed by atoms with Gasteiger partial charge in [0.15, 0.2) is 23.0 Å². The van der Waals surface area contributed by atoms with Gasteiger partial charge in [0, 0.05) is 51.7 Å². The highest BCUT2D eigenvalue weighted by atomic mass is 32.1. The molecule has 0 saturated carbocycles. The van der Waals surface area contributed by atoms with Crippen molar-refractivity contribution in [2.24, 2.45) is 0 Å². The number of methoxy groups -OCH3 is 2. The van der Waals surface area contributed by atoms with Crippen molar-refractivity contribution in [1.82, 2.24) is 30.2 Å². The van der Waals surface area contributed by atoms with Gasteiger partial charge in [0.05, 0.1) is 37.8 Å². The zero-order valence-electron chi connectivity index (χ0n) is 18.5. The van der Waals surface area contributed by atoms with Crippen molar-refractivity contribution >= 4 is 39.7 Å². The summed E-state index contributed by atoms with van der Waals surface area (Å²) in [6.07, 6.45) is 4.87. The maximum absolute atomic E-state index is 6.35. The van der Waals surface area contributed by atoms with Gasteiger partial charge in [-0.05, 0) is 6.07 Å². The van der Waals surface area contributed by atoms with Crippen LogP contribution in [0.2, 0.25) is 0 Å². The second-order valence-corrected chi connectivity index (χ2v) is 7.95. The number of nitrogens with two attached hydrogens (primary N) is 1. The van der Waals surface area contributed by atoms with E-state index >= 15 is 0 Å². The van der Waals surface area contributed by atoms with Gasteiger partial charge in [-0.1, -0.05) is 12.2 Å². The van der Waals surface area contributed by atoms with Gasteiger partial charge in [0.25, 0.3) is 0 Å². The molecule has 3 aromatic rings. The molecule has 1 fully saturated rings. The van der Waals surface area contributed by atoms with Gasteiger partial charge in [-0.15, -0.1) is 0 Å². The highest BCUT2D eigenvalue weighted by molar-refractivity contribution is 7.80. The number of fused-ring (bicyclic) bond motifs is 1. The topological polar surface area (TPSA) is 115 Å². The third-order valence-corrected chi connectivity index (χ3v) is 6.01. The standard InChI is InChI=1S/C21H26N8O2S/c1-28(2)21(32)15-11-23-7-8-29(15)16-12(9-13(22)17(30-3)18(16)31-4)19-26-10-14-20(27-19)25-6-5-24-14/h5-6,9-10,15,23H,7-8,11,22H2,1-4H3. The van der Waals surface area contributed by atoms with Crippen molar-refractivity contribution in [2.45, 2.75) is 6.04 Å². The van der Waals surface area contributed by atoms with Crippen molar-refractivity contribution in [1.29, 1.82) is 0 Å². The van der Waals surface area contributed by atoms with Gasteiger partial charge in [0.2, 0.25) is 0 Å². The summed E-state index contributed by atoms with van der Waals surface area (Å²) in [5.41, 5.74) is 9.36. The molecule has 0 radical (unpaired) electrons. The summed E-state index contributed by atoms with van der Waals surface area (Å²) in [6, 6.07) is 1.72. The first-order chi connectivity index (χ1) is 15.5. The molecule has 4 rings (SSSR count). The number of anilines is 2. The lowest BCUT2D eigenvalue weighted by atomic mass is 10.0. The Morgan fingerprint density at radius 2 is 1.94 bits per heavy atom. The Kier molecular flexibility index (Phi) is 6.19. The first-order valence-corrected chi connectivity index (χ1v) is 10.5. The predicted molar refractivity (Wildman–Crippen MR) is 128 cm³/mol. The van der Waals surface area contributed by atoms with Crippen LogP contribution in [0.5, 0.6) is 11.5 Å². The third-order valence-electron chi connectivity index (χ3n) is 5.37. The molecule has 0 amide bonds. The average Bonchev–Trinajstić information content (AvgIpc) is 2.82. The van der Waals surface area contributed by atoms with E-state index in [1.807, 2.05) is 25.1 Å². The molecule has 1 saturated heterocycles. The Hall–Kier alpha value is -3.31. The number of piperazine rings is 1. The summed E-state index contributed by atoms with van der Waals surface area (Å²) in [7, 11) is 7.06. The zero-order chi connectivity index (χ0) is 22.8. The second-order valence-electron chi connectivity index (χ2n) is 7.53. The molecule has 1 aliphatic heterocycles. The summed E-state index contributed by atoms with van der Waals surface area (Å²) >= 11 is 5.76. The molecule has 2 aromatic heterocycles. The molecule has 1 aromatic carbocycles. The number of nitrogens with zero attached hydrogens (tertiary/aromatic N) is 6. The Labute approximate surface area is 191 Å². The molecule has 0 aliphatic carbocycles. The Balaban J connectivity index is 1.97. The molecule has 11 heteroatoms. The molecule has 0 spiro atoms. The van der Waals surface area contributed by atoms with Gasteiger partial charge in [-0.3, -0.25) is 0 Å². The average molecular weight is 455 g/mol. The van der Waals surface area contributed by atoms with E-state index in [1.165, 1.54) is 0 Å². The normalized spacial score (nSPS) is 16.1. The minimum Gasteiger partial charge on any atom is -0.491 e. The lowest BCUT2D eigenvalue weighted by Gasteiger charge is -2.41. The summed E-state index contributed by atoms with van der Waals surface area (Å²) in [5.74, 6) is 1.44. The maximum atomic E-state index is 6.35. The second kappa shape index (κ2) is 9.05. The van der Waals surface area contributed by atoms with E-state index in [0.29, 0.717) is 52.8 Å². The summed E-state index contributed by atoms with van der Waals surface area (Å²) < 4.78 is 11.4. The molecule has 3 heterocycles. The van der Waals surface area contributed by atoms with Crippen LogP contribution in [0, 0.1) is 0 Å². The fourth-order valence-corrected chi connectivity index (χ4v) is 4.11. The van der Waals surface area contributed by atoms with Crippen LogP contribution in [0.4, 0.5) is 11.4 Å². The number of ether oxygens (including phenoxy) is 2. The number of nitrogen functional groups attached to an aromatic ring is 1. The van der Waals surface area contributed by atoms with E-state index in [0.717, 1.165) is 17.2 Å². The van der Waals surface area contributed by atoms with Gasteiger partial charge in [0.1, 0.15) is 10.5 Å². The van der Waals surface area contributed by atoms with Crippen LogP contribution >= 0.6 is 12.2 Å². The van der Waals surface area contributed by atoms with E-state index < -0.39 is 0 Å². The summed E-state index contributed by atoms with van der Waals surface area (Å²) in [5, 5.41) is 3.43. The quantitative estimate of drug-likeness (QED) is 0.430. The number of likely N-dealkylation sites (N-methyl/N-ethyl adjacent to an activating group) is 1. The Bertz CT molecular complexity index is 1160. The van der Waals surface area contributed by atoms with Gasteiger partial charge >= 0.3 is 0 Å². The van der Waals surface area contributed by atoms with Crippen molar-refractivity contribution < 1.29 is 9.47 Å². The smallest absolute Gasteiger partial charge is 0.187 e. The monoisotopic (exact) mass is 454 g/mol. The molecule has 10 nitrogen and oxygen atoms in total. The minimum atomic E-state index is -0.0880. The number of thiocarbonyl (C=S) groups is 1. The van der Waals surface area contributed by atoms with Gasteiger partial charge < -0.3 is 30.3 Å². The summed E-state index contributed by atoms with van der Waals surface area (Å²) in [6.45, 7) is 2.17. The number of nitrogens with one attached hydrogen (secondary N) is 1. The van der Waals surface area contributed by atoms with E-state index in [-0.39, 0.29) is 6.04 Å². The number of hydrogen-bond acceptors (Lipinski definition) is 10. The first kappa shape index (κ1) is 21.9. The maximum Gasteiger partial charge on any atom is 0.187 e. The van der Waals surface area contributed by atoms with E-state index in [4.69, 9.17) is 27.4 Å². The molecule has 1 atom stereocenters. The SMILES string of the molecule is COc1c(N)cc(-c2ncc3nccnc3n2)c(N2CCNCC2C(=S)N(C)C)c1OC. The summed E-state index contributed by atoms with van der Waals surface area (Å²) in [4.78, 5) is 22.8. The van der Waals surface area contributed by atoms with Crippen LogP contribution in [0.15, 0.2) is 24.7 Å². The van der Waals surface area contributed by atoms with E-state index in [9.17, 15) is 0 Å². The Morgan fingerprint density at radius 1 is 1.19 bits per heavy atom. The first-order valence-electron chi connectivity index (χ1n) is 10.1. The number of rotatable bonds is 5. The van der Waals surface area contributed by atoms with Crippen molar-refractivity contribution in [2.75, 3.05) is 58.6 Å². The fourth-order valence-electron chi connectivity index (χ4n) is 3.90. The number of aromatic nitrogens is 4. The molecule has 32 heavy (non-hydrogen) atoms. The molecule has 168 valence electrons. The third kappa shape index (κ3) is 3.84. The van der Waals surface area contributed by atoms with Crippen molar-refractivity contribution in [3.63, 3.8) is 0 Å². The van der Waals surface area contributed by atoms with E-state index in [1.54, 1.807) is 32.8 Å². The van der Waals surface area contributed by atoms with Crippen LogP contribution in [0.1, 0.15) is 0 Å². The molecule has 3 N–H and O–H groups in total. The highest BCUT2D eigenvalue weighted by Crippen LogP contribution is 2.48. The van der Waals surface area contributed by atoms with Crippen LogP contribution in [0.3, 0.4) is 0 Å². The van der Waals surface area contributed by atoms with Crippen molar-refractivity contribution in [3.05, 3.63) is 24.7 Å². The van der Waals surface area contributed by atoms with Crippen molar-refractivity contribution in [3.8, 4) is 22.9 Å². The Morgan fingerprint density at radius 3 is 2.66 bits per heavy atom. The van der Waals surface area contributed by atoms with Crippen LogP contribution in [0.25, 0.3) is 22.6 Å².